The molecule has 3 aromatic carbocycles. The zero-order valence-corrected chi connectivity index (χ0v) is 17.5. The average Bonchev–Trinajstić information content (AvgIpc) is 3.07. The predicted molar refractivity (Wildman–Crippen MR) is 115 cm³/mol. The van der Waals surface area contributed by atoms with E-state index in [0.717, 1.165) is 17.0 Å². The Kier molecular flexibility index (Phi) is 5.99. The highest BCUT2D eigenvalue weighted by Crippen LogP contribution is 2.24. The Labute approximate surface area is 188 Å². The van der Waals surface area contributed by atoms with Gasteiger partial charge >= 0.3 is 5.97 Å². The van der Waals surface area contributed by atoms with E-state index in [-0.39, 0.29) is 35.2 Å². The van der Waals surface area contributed by atoms with Crippen molar-refractivity contribution in [2.24, 2.45) is 0 Å². The monoisotopic (exact) mass is 447 g/mol. The summed E-state index contributed by atoms with van der Waals surface area (Å²) in [6.45, 7) is -0.533. The third-order valence-corrected chi connectivity index (χ3v) is 5.20. The first-order chi connectivity index (χ1) is 15.9. The first-order valence-electron chi connectivity index (χ1n) is 9.97. The number of methoxy groups -OCH3 is 1. The molecule has 0 aromatic heterocycles. The summed E-state index contributed by atoms with van der Waals surface area (Å²) in [4.78, 5) is 50.7. The Balaban J connectivity index is 1.38. The second-order valence-electron chi connectivity index (χ2n) is 7.28. The van der Waals surface area contributed by atoms with Gasteiger partial charge in [-0.3, -0.25) is 19.3 Å². The Morgan fingerprint density at radius 2 is 1.55 bits per heavy atom. The van der Waals surface area contributed by atoms with Crippen LogP contribution in [0.2, 0.25) is 0 Å². The molecule has 3 aromatic rings. The minimum Gasteiger partial charge on any atom is -0.496 e. The van der Waals surface area contributed by atoms with Gasteiger partial charge in [-0.25, -0.2) is 9.18 Å². The van der Waals surface area contributed by atoms with Crippen LogP contribution >= 0.6 is 0 Å². The summed E-state index contributed by atoms with van der Waals surface area (Å²) in [5.41, 5.74) is 1.52. The fourth-order valence-electron chi connectivity index (χ4n) is 3.50. The molecule has 0 saturated heterocycles. The van der Waals surface area contributed by atoms with E-state index < -0.39 is 24.2 Å². The fourth-order valence-corrected chi connectivity index (χ4v) is 3.50. The van der Waals surface area contributed by atoms with E-state index in [2.05, 4.69) is 0 Å². The maximum atomic E-state index is 13.5. The third-order valence-electron chi connectivity index (χ3n) is 5.20. The highest BCUT2D eigenvalue weighted by Gasteiger charge is 2.34. The van der Waals surface area contributed by atoms with Crippen LogP contribution < -0.4 is 4.74 Å². The molecule has 4 rings (SSSR count). The Morgan fingerprint density at radius 3 is 2.15 bits per heavy atom. The van der Waals surface area contributed by atoms with Gasteiger partial charge in [-0.1, -0.05) is 24.3 Å². The van der Waals surface area contributed by atoms with Gasteiger partial charge in [-0.15, -0.1) is 0 Å². The molecule has 0 spiro atoms. The minimum absolute atomic E-state index is 0.0263. The van der Waals surface area contributed by atoms with Crippen molar-refractivity contribution in [1.29, 1.82) is 0 Å². The molecule has 0 N–H and O–H groups in total. The summed E-state index contributed by atoms with van der Waals surface area (Å²) < 4.78 is 23.5. The van der Waals surface area contributed by atoms with Crippen molar-refractivity contribution in [2.45, 2.75) is 6.54 Å². The number of carbonyl (C=O) groups is 4. The van der Waals surface area contributed by atoms with Gasteiger partial charge in [-0.2, -0.15) is 0 Å². The van der Waals surface area contributed by atoms with Crippen molar-refractivity contribution in [3.63, 3.8) is 0 Å². The smallest absolute Gasteiger partial charge is 0.338 e. The average molecular weight is 447 g/mol. The molecule has 7 nitrogen and oxygen atoms in total. The minimum atomic E-state index is -0.744. The molecule has 1 aliphatic heterocycles. The van der Waals surface area contributed by atoms with Gasteiger partial charge < -0.3 is 9.47 Å². The van der Waals surface area contributed by atoms with Crippen LogP contribution in [0.15, 0.2) is 66.7 Å². The lowest BCUT2D eigenvalue weighted by Gasteiger charge is -2.14. The molecule has 0 saturated carbocycles. The predicted octanol–water partition coefficient (Wildman–Crippen LogP) is 3.67. The van der Waals surface area contributed by atoms with Crippen LogP contribution in [0.5, 0.6) is 5.75 Å². The number of imide groups is 1. The number of hydrogen-bond donors (Lipinski definition) is 0. The third kappa shape index (κ3) is 4.36. The lowest BCUT2D eigenvalue weighted by Crippen LogP contribution is -2.29. The molecule has 166 valence electrons. The molecule has 1 heterocycles. The molecule has 0 aliphatic carbocycles. The van der Waals surface area contributed by atoms with Gasteiger partial charge in [0.1, 0.15) is 11.6 Å². The van der Waals surface area contributed by atoms with Crippen molar-refractivity contribution in [3.05, 3.63) is 100 Å². The molecule has 0 radical (unpaired) electrons. The summed E-state index contributed by atoms with van der Waals surface area (Å²) in [6.07, 6.45) is 0. The fraction of sp³-hybridized carbons (Fsp3) is 0.120. The number of halogens is 1. The number of Topliss-reactive ketones (excluding diaryl/α,β-unsaturated/α-hetero) is 1. The van der Waals surface area contributed by atoms with Crippen molar-refractivity contribution in [2.75, 3.05) is 13.7 Å². The number of carbonyl (C=O) groups excluding carboxylic acids is 4. The second kappa shape index (κ2) is 9.04. The maximum Gasteiger partial charge on any atom is 0.338 e. The number of ether oxygens (including phenoxy) is 2. The number of amides is 2. The summed E-state index contributed by atoms with van der Waals surface area (Å²) >= 11 is 0. The molecule has 0 unspecified atom stereocenters. The largest absolute Gasteiger partial charge is 0.496 e. The first kappa shape index (κ1) is 21.9. The number of nitrogens with zero attached hydrogens (tertiary/aromatic N) is 1. The lowest BCUT2D eigenvalue weighted by atomic mass is 10.1. The molecular weight excluding hydrogens is 429 g/mol. The Morgan fingerprint density at radius 1 is 0.909 bits per heavy atom. The molecule has 33 heavy (non-hydrogen) atoms. The van der Waals surface area contributed by atoms with Gasteiger partial charge in [-0.05, 0) is 48.0 Å². The summed E-state index contributed by atoms with van der Waals surface area (Å²) in [6, 6.07) is 16.2. The van der Waals surface area contributed by atoms with Crippen LogP contribution in [0.4, 0.5) is 4.39 Å². The number of hydrogen-bond acceptors (Lipinski definition) is 6. The van der Waals surface area contributed by atoms with E-state index in [1.54, 1.807) is 36.4 Å². The van der Waals surface area contributed by atoms with Gasteiger partial charge in [0, 0.05) is 0 Å². The van der Waals surface area contributed by atoms with Crippen molar-refractivity contribution < 1.29 is 33.0 Å². The quantitative estimate of drug-likeness (QED) is 0.312. The summed E-state index contributed by atoms with van der Waals surface area (Å²) in [5, 5.41) is 0. The van der Waals surface area contributed by atoms with Crippen LogP contribution in [0.25, 0.3) is 0 Å². The number of benzene rings is 3. The van der Waals surface area contributed by atoms with E-state index in [1.165, 1.54) is 25.3 Å². The SMILES string of the molecule is COc1ccc(F)cc1C(=O)COC(=O)c1ccc(CN2C(=O)c3ccccc3C2=O)cc1. The molecule has 0 bridgehead atoms. The lowest BCUT2D eigenvalue weighted by molar-refractivity contribution is 0.0473. The van der Waals surface area contributed by atoms with Crippen molar-refractivity contribution in [3.8, 4) is 5.75 Å². The van der Waals surface area contributed by atoms with Crippen LogP contribution in [-0.2, 0) is 11.3 Å². The number of rotatable bonds is 7. The topological polar surface area (TPSA) is 90.0 Å². The van der Waals surface area contributed by atoms with Gasteiger partial charge in [0.15, 0.2) is 6.61 Å². The summed E-state index contributed by atoms with van der Waals surface area (Å²) in [7, 11) is 1.35. The zero-order valence-electron chi connectivity index (χ0n) is 17.5. The molecular formula is C25H18FNO6. The maximum absolute atomic E-state index is 13.5. The first-order valence-corrected chi connectivity index (χ1v) is 9.97. The highest BCUT2D eigenvalue weighted by atomic mass is 19.1. The van der Waals surface area contributed by atoms with Crippen LogP contribution in [0.1, 0.15) is 47.0 Å². The van der Waals surface area contributed by atoms with Gasteiger partial charge in [0.25, 0.3) is 11.8 Å². The molecule has 2 amide bonds. The van der Waals surface area contributed by atoms with E-state index >= 15 is 0 Å². The molecule has 8 heteroatoms. The molecule has 0 atom stereocenters. The van der Waals surface area contributed by atoms with Crippen LogP contribution in [0, 0.1) is 5.82 Å². The standard InChI is InChI=1S/C25H18FNO6/c1-32-22-11-10-17(26)12-20(22)21(28)14-33-25(31)16-8-6-15(7-9-16)13-27-23(29)18-4-2-3-5-19(18)24(27)30/h2-12H,13-14H2,1H3. The van der Waals surface area contributed by atoms with Gasteiger partial charge in [0.2, 0.25) is 5.78 Å². The molecule has 1 aliphatic rings. The van der Waals surface area contributed by atoms with E-state index in [4.69, 9.17) is 9.47 Å². The van der Waals surface area contributed by atoms with E-state index in [0.29, 0.717) is 16.7 Å². The second-order valence-corrected chi connectivity index (χ2v) is 7.28. The normalized spacial score (nSPS) is 12.5. The van der Waals surface area contributed by atoms with Crippen molar-refractivity contribution in [1.82, 2.24) is 4.90 Å². The van der Waals surface area contributed by atoms with E-state index in [9.17, 15) is 23.6 Å². The van der Waals surface area contributed by atoms with Crippen LogP contribution in [-0.4, -0.2) is 42.2 Å². The summed E-state index contributed by atoms with van der Waals surface area (Å²) in [5.74, 6) is -2.53. The zero-order chi connectivity index (χ0) is 23.5. The van der Waals surface area contributed by atoms with E-state index in [1.807, 2.05) is 0 Å². The number of ketones is 1. The van der Waals surface area contributed by atoms with Crippen LogP contribution in [0.3, 0.4) is 0 Å². The van der Waals surface area contributed by atoms with Gasteiger partial charge in [0.05, 0.1) is 35.9 Å². The molecule has 0 fully saturated rings. The van der Waals surface area contributed by atoms with Crippen molar-refractivity contribution >= 4 is 23.6 Å². The Bertz CT molecular complexity index is 1230. The number of fused-ring (bicyclic) bond motifs is 1. The Hall–Kier alpha value is -4.33. The highest BCUT2D eigenvalue weighted by molar-refractivity contribution is 6.21. The number of esters is 1.